The molecule has 0 radical (unpaired) electrons. The molecule has 3 heteroatoms. The van der Waals surface area contributed by atoms with Gasteiger partial charge < -0.3 is 9.47 Å². The molecule has 1 aromatic carbocycles. The maximum atomic E-state index is 5.10. The summed E-state index contributed by atoms with van der Waals surface area (Å²) in [7, 11) is 0. The average Bonchev–Trinajstić information content (AvgIpc) is 2.69. The number of aliphatic imine (C=N–C) groups is 1. The van der Waals surface area contributed by atoms with Gasteiger partial charge in [0.05, 0.1) is 6.54 Å². The molecular weight excluding hydrogens is 166 g/mol. The molecule has 0 aliphatic carbocycles. The van der Waals surface area contributed by atoms with Crippen LogP contribution in [0.1, 0.15) is 5.56 Å². The molecule has 1 saturated heterocycles. The minimum atomic E-state index is 0.341. The first-order valence-electron chi connectivity index (χ1n) is 4.23. The van der Waals surface area contributed by atoms with E-state index in [0.717, 1.165) is 0 Å². The van der Waals surface area contributed by atoms with Crippen molar-refractivity contribution in [3.8, 4) is 0 Å². The van der Waals surface area contributed by atoms with Crippen molar-refractivity contribution in [1.82, 2.24) is 0 Å². The van der Waals surface area contributed by atoms with Crippen LogP contribution < -0.4 is 0 Å². The lowest BCUT2D eigenvalue weighted by molar-refractivity contribution is 0.0889. The zero-order valence-electron chi connectivity index (χ0n) is 7.27. The Balaban J connectivity index is 1.95. The zero-order valence-corrected chi connectivity index (χ0v) is 7.27. The maximum Gasteiger partial charge on any atom is 0.212 e. The van der Waals surface area contributed by atoms with Gasteiger partial charge in [-0.3, -0.25) is 0 Å². The third-order valence-electron chi connectivity index (χ3n) is 1.82. The zero-order chi connectivity index (χ0) is 8.93. The molecule has 1 heterocycles. The number of rotatable bonds is 2. The molecule has 1 aliphatic rings. The van der Waals surface area contributed by atoms with Crippen LogP contribution in [0.25, 0.3) is 0 Å². The molecule has 0 unspecified atom stereocenters. The summed E-state index contributed by atoms with van der Waals surface area (Å²) in [5.74, 6) is 0.698. The van der Waals surface area contributed by atoms with Gasteiger partial charge in [-0.15, -0.1) is 0 Å². The van der Waals surface area contributed by atoms with E-state index < -0.39 is 0 Å². The summed E-state index contributed by atoms with van der Waals surface area (Å²) >= 11 is 0. The fourth-order valence-corrected chi connectivity index (χ4v) is 1.13. The van der Waals surface area contributed by atoms with Crippen molar-refractivity contribution >= 4 is 5.90 Å². The van der Waals surface area contributed by atoms with Crippen LogP contribution in [0, 0.1) is 0 Å². The topological polar surface area (TPSA) is 30.8 Å². The lowest BCUT2D eigenvalue weighted by Gasteiger charge is -1.96. The van der Waals surface area contributed by atoms with E-state index in [9.17, 15) is 0 Å². The Morgan fingerprint density at radius 3 is 2.77 bits per heavy atom. The lowest BCUT2D eigenvalue weighted by Crippen LogP contribution is -1.99. The summed E-state index contributed by atoms with van der Waals surface area (Å²) in [6, 6.07) is 10.1. The highest BCUT2D eigenvalue weighted by Gasteiger charge is 2.07. The second-order valence-electron chi connectivity index (χ2n) is 2.81. The molecule has 0 aromatic heterocycles. The predicted octanol–water partition coefficient (Wildman–Crippen LogP) is 1.59. The smallest absolute Gasteiger partial charge is 0.212 e. The van der Waals surface area contributed by atoms with E-state index in [-0.39, 0.29) is 0 Å². The van der Waals surface area contributed by atoms with Gasteiger partial charge in [-0.2, -0.15) is 0 Å². The number of nitrogens with zero attached hydrogens (tertiary/aromatic N) is 1. The Morgan fingerprint density at radius 2 is 2.08 bits per heavy atom. The first-order valence-corrected chi connectivity index (χ1v) is 4.23. The summed E-state index contributed by atoms with van der Waals surface area (Å²) in [4.78, 5) is 4.26. The molecule has 68 valence electrons. The van der Waals surface area contributed by atoms with E-state index in [0.29, 0.717) is 25.8 Å². The Kier molecular flexibility index (Phi) is 2.57. The van der Waals surface area contributed by atoms with E-state index in [2.05, 4.69) is 4.99 Å². The maximum absolute atomic E-state index is 5.10. The van der Waals surface area contributed by atoms with Gasteiger partial charge in [0.2, 0.25) is 5.90 Å². The fraction of sp³-hybridized carbons (Fsp3) is 0.300. The largest absolute Gasteiger partial charge is 0.452 e. The molecule has 0 N–H and O–H groups in total. The minimum absolute atomic E-state index is 0.341. The molecule has 0 saturated carbocycles. The van der Waals surface area contributed by atoms with E-state index in [4.69, 9.17) is 9.47 Å². The van der Waals surface area contributed by atoms with Crippen LogP contribution in [0.2, 0.25) is 0 Å². The summed E-state index contributed by atoms with van der Waals surface area (Å²) in [6.45, 7) is 1.51. The van der Waals surface area contributed by atoms with Crippen LogP contribution >= 0.6 is 0 Å². The second kappa shape index (κ2) is 4.05. The first kappa shape index (κ1) is 8.26. The Morgan fingerprint density at radius 1 is 1.23 bits per heavy atom. The van der Waals surface area contributed by atoms with Crippen molar-refractivity contribution in [2.24, 2.45) is 4.99 Å². The van der Waals surface area contributed by atoms with Crippen molar-refractivity contribution in [2.75, 3.05) is 13.4 Å². The van der Waals surface area contributed by atoms with Crippen molar-refractivity contribution in [3.63, 3.8) is 0 Å². The molecule has 0 amide bonds. The Labute approximate surface area is 77.0 Å². The van der Waals surface area contributed by atoms with Crippen LogP contribution in [0.15, 0.2) is 35.3 Å². The van der Waals surface area contributed by atoms with Crippen LogP contribution in [0.3, 0.4) is 0 Å². The summed E-state index contributed by atoms with van der Waals surface area (Å²) in [6.07, 6.45) is 0. The van der Waals surface area contributed by atoms with Gasteiger partial charge in [0.15, 0.2) is 6.79 Å². The highest BCUT2D eigenvalue weighted by molar-refractivity contribution is 5.78. The van der Waals surface area contributed by atoms with Gasteiger partial charge in [-0.1, -0.05) is 30.3 Å². The van der Waals surface area contributed by atoms with Crippen LogP contribution in [0.5, 0.6) is 0 Å². The molecule has 0 spiro atoms. The molecule has 13 heavy (non-hydrogen) atoms. The number of benzene rings is 1. The Bertz CT molecular complexity index is 287. The summed E-state index contributed by atoms with van der Waals surface area (Å²) in [5, 5.41) is 0. The van der Waals surface area contributed by atoms with Gasteiger partial charge in [0.25, 0.3) is 0 Å². The van der Waals surface area contributed by atoms with Crippen molar-refractivity contribution in [1.29, 1.82) is 0 Å². The molecule has 2 rings (SSSR count). The first-order chi connectivity index (χ1) is 6.45. The van der Waals surface area contributed by atoms with E-state index in [1.807, 2.05) is 30.3 Å². The second-order valence-corrected chi connectivity index (χ2v) is 2.81. The van der Waals surface area contributed by atoms with Gasteiger partial charge in [0, 0.05) is 0 Å². The third-order valence-corrected chi connectivity index (χ3v) is 1.82. The van der Waals surface area contributed by atoms with E-state index in [1.165, 1.54) is 5.56 Å². The van der Waals surface area contributed by atoms with Crippen LogP contribution in [-0.4, -0.2) is 19.3 Å². The highest BCUT2D eigenvalue weighted by atomic mass is 16.7. The minimum Gasteiger partial charge on any atom is -0.452 e. The van der Waals surface area contributed by atoms with Crippen molar-refractivity contribution < 1.29 is 9.47 Å². The molecule has 0 bridgehead atoms. The normalized spacial score (nSPS) is 18.9. The molecule has 3 nitrogen and oxygen atoms in total. The SMILES string of the molecule is c1ccc(CN=C2COCO2)cc1. The molecular formula is C10H11NO2. The van der Waals surface area contributed by atoms with Crippen LogP contribution in [0.4, 0.5) is 0 Å². The standard InChI is InChI=1S/C10H11NO2/c1-2-4-9(5-3-1)6-11-10-7-12-8-13-10/h1-5H,6-8H2. The van der Waals surface area contributed by atoms with Gasteiger partial charge in [0.1, 0.15) is 6.61 Å². The van der Waals surface area contributed by atoms with Crippen molar-refractivity contribution in [3.05, 3.63) is 35.9 Å². The number of hydrogen-bond acceptors (Lipinski definition) is 3. The van der Waals surface area contributed by atoms with E-state index in [1.54, 1.807) is 0 Å². The number of ether oxygens (including phenoxy) is 2. The average molecular weight is 177 g/mol. The lowest BCUT2D eigenvalue weighted by atomic mass is 10.2. The quantitative estimate of drug-likeness (QED) is 0.686. The molecule has 1 fully saturated rings. The van der Waals surface area contributed by atoms with Gasteiger partial charge in [-0.25, -0.2) is 4.99 Å². The highest BCUT2D eigenvalue weighted by Crippen LogP contribution is 2.03. The Hall–Kier alpha value is -1.35. The predicted molar refractivity (Wildman–Crippen MR) is 49.5 cm³/mol. The monoisotopic (exact) mass is 177 g/mol. The number of hydrogen-bond donors (Lipinski definition) is 0. The van der Waals surface area contributed by atoms with Crippen molar-refractivity contribution in [2.45, 2.75) is 6.54 Å². The molecule has 0 atom stereocenters. The molecule has 1 aromatic rings. The van der Waals surface area contributed by atoms with Gasteiger partial charge >= 0.3 is 0 Å². The van der Waals surface area contributed by atoms with Crippen LogP contribution in [-0.2, 0) is 16.0 Å². The summed E-state index contributed by atoms with van der Waals surface area (Å²) < 4.78 is 10.1. The van der Waals surface area contributed by atoms with E-state index >= 15 is 0 Å². The fourth-order valence-electron chi connectivity index (χ4n) is 1.13. The third kappa shape index (κ3) is 2.29. The molecule has 1 aliphatic heterocycles. The van der Waals surface area contributed by atoms with Gasteiger partial charge in [-0.05, 0) is 5.56 Å². The summed E-state index contributed by atoms with van der Waals surface area (Å²) in [5.41, 5.74) is 1.19.